The van der Waals surface area contributed by atoms with E-state index in [0.29, 0.717) is 23.3 Å². The Labute approximate surface area is 122 Å². The molecule has 2 atom stereocenters. The molecule has 2 unspecified atom stereocenters. The van der Waals surface area contributed by atoms with Gasteiger partial charge in [-0.25, -0.2) is 0 Å². The molecule has 2 saturated heterocycles. The van der Waals surface area contributed by atoms with Crippen LogP contribution in [0.3, 0.4) is 0 Å². The largest absolute Gasteiger partial charge is 0.340 e. The second-order valence-corrected chi connectivity index (χ2v) is 6.99. The lowest BCUT2D eigenvalue weighted by molar-refractivity contribution is -0.135. The number of amides is 1. The summed E-state index contributed by atoms with van der Waals surface area (Å²) in [7, 11) is 0. The average Bonchev–Trinajstić information content (AvgIpc) is 3.19. The van der Waals surface area contributed by atoms with E-state index in [1.807, 2.05) is 0 Å². The summed E-state index contributed by atoms with van der Waals surface area (Å²) in [6.07, 6.45) is 4.76. The van der Waals surface area contributed by atoms with Crippen LogP contribution >= 0.6 is 0 Å². The Morgan fingerprint density at radius 2 is 1.90 bits per heavy atom. The molecule has 2 heterocycles. The fourth-order valence-corrected chi connectivity index (χ4v) is 4.04. The summed E-state index contributed by atoms with van der Waals surface area (Å²) in [5.41, 5.74) is 0.385. The van der Waals surface area contributed by atoms with Gasteiger partial charge in [0.15, 0.2) is 0 Å². The minimum absolute atomic E-state index is 0.347. The second kappa shape index (κ2) is 5.64. The summed E-state index contributed by atoms with van der Waals surface area (Å²) in [4.78, 5) is 17.3. The van der Waals surface area contributed by atoms with Crippen LogP contribution in [0.5, 0.6) is 0 Å². The summed E-state index contributed by atoms with van der Waals surface area (Å²) in [6.45, 7) is 10.7. The van der Waals surface area contributed by atoms with E-state index in [1.54, 1.807) is 0 Å². The van der Waals surface area contributed by atoms with Crippen molar-refractivity contribution >= 4 is 5.91 Å². The first-order valence-corrected chi connectivity index (χ1v) is 8.40. The molecule has 0 aromatic heterocycles. The fourth-order valence-electron chi connectivity index (χ4n) is 4.04. The van der Waals surface area contributed by atoms with Crippen LogP contribution in [0.15, 0.2) is 0 Å². The Bertz CT molecular complexity index is 357. The third-order valence-corrected chi connectivity index (χ3v) is 5.93. The monoisotopic (exact) mass is 279 g/mol. The van der Waals surface area contributed by atoms with Gasteiger partial charge in [-0.05, 0) is 51.1 Å². The lowest BCUT2D eigenvalue weighted by atomic mass is 9.91. The maximum atomic E-state index is 12.7. The number of hydrogen-bond acceptors (Lipinski definition) is 3. The molecule has 0 aromatic rings. The topological polar surface area (TPSA) is 35.6 Å². The molecular formula is C16H29N3O. The molecule has 3 aliphatic rings. The number of piperazine rings is 1. The maximum absolute atomic E-state index is 12.7. The van der Waals surface area contributed by atoms with Gasteiger partial charge in [0.1, 0.15) is 0 Å². The molecular weight excluding hydrogens is 250 g/mol. The van der Waals surface area contributed by atoms with E-state index in [1.165, 1.54) is 19.3 Å². The van der Waals surface area contributed by atoms with Gasteiger partial charge in [-0.2, -0.15) is 0 Å². The molecule has 0 bridgehead atoms. The van der Waals surface area contributed by atoms with E-state index < -0.39 is 0 Å². The number of carbonyl (C=O) groups excluding carboxylic acids is 1. The van der Waals surface area contributed by atoms with E-state index in [9.17, 15) is 4.79 Å². The number of piperidine rings is 1. The first-order valence-electron chi connectivity index (χ1n) is 8.40. The van der Waals surface area contributed by atoms with Crippen LogP contribution < -0.4 is 5.32 Å². The minimum atomic E-state index is 0.347. The van der Waals surface area contributed by atoms with Gasteiger partial charge >= 0.3 is 0 Å². The van der Waals surface area contributed by atoms with E-state index in [2.05, 4.69) is 29.0 Å². The van der Waals surface area contributed by atoms with Gasteiger partial charge in [0.2, 0.25) is 5.91 Å². The van der Waals surface area contributed by atoms with Gasteiger partial charge in [0.05, 0.1) is 0 Å². The van der Waals surface area contributed by atoms with Gasteiger partial charge < -0.3 is 10.2 Å². The normalized spacial score (nSPS) is 31.3. The summed E-state index contributed by atoms with van der Waals surface area (Å²) in [5, 5.41) is 3.41. The Morgan fingerprint density at radius 1 is 1.25 bits per heavy atom. The smallest absolute Gasteiger partial charge is 0.226 e. The van der Waals surface area contributed by atoms with E-state index in [0.717, 1.165) is 45.7 Å². The lowest BCUT2D eigenvalue weighted by Gasteiger charge is -2.38. The van der Waals surface area contributed by atoms with Crippen LogP contribution in [-0.4, -0.2) is 61.0 Å². The van der Waals surface area contributed by atoms with Crippen molar-refractivity contribution in [2.45, 2.75) is 45.6 Å². The summed E-state index contributed by atoms with van der Waals surface area (Å²) < 4.78 is 0. The number of nitrogens with one attached hydrogen (secondary N) is 1. The zero-order chi connectivity index (χ0) is 14.2. The summed E-state index contributed by atoms with van der Waals surface area (Å²) in [6, 6.07) is 0.656. The number of rotatable bonds is 3. The Hall–Kier alpha value is -0.610. The number of hydrogen-bond donors (Lipinski definition) is 1. The highest BCUT2D eigenvalue weighted by Gasteiger charge is 2.58. The predicted octanol–water partition coefficient (Wildman–Crippen LogP) is 1.32. The third-order valence-electron chi connectivity index (χ3n) is 5.93. The fraction of sp³-hybridized carbons (Fsp3) is 0.938. The van der Waals surface area contributed by atoms with Crippen molar-refractivity contribution in [1.82, 2.24) is 15.1 Å². The van der Waals surface area contributed by atoms with Gasteiger partial charge in [-0.3, -0.25) is 9.69 Å². The number of nitrogens with zero attached hydrogens (tertiary/aromatic N) is 2. The van der Waals surface area contributed by atoms with Gasteiger partial charge in [-0.15, -0.1) is 0 Å². The van der Waals surface area contributed by atoms with Crippen molar-refractivity contribution in [3.8, 4) is 0 Å². The molecule has 2 aliphatic heterocycles. The molecule has 0 aromatic carbocycles. The molecule has 4 heteroatoms. The van der Waals surface area contributed by atoms with Crippen LogP contribution in [0.4, 0.5) is 0 Å². The van der Waals surface area contributed by atoms with Crippen LogP contribution in [-0.2, 0) is 4.79 Å². The van der Waals surface area contributed by atoms with Gasteiger partial charge in [0.25, 0.3) is 0 Å². The molecule has 0 radical (unpaired) electrons. The minimum Gasteiger partial charge on any atom is -0.340 e. The Morgan fingerprint density at radius 3 is 2.50 bits per heavy atom. The van der Waals surface area contributed by atoms with Gasteiger partial charge in [0, 0.05) is 38.1 Å². The average molecular weight is 279 g/mol. The maximum Gasteiger partial charge on any atom is 0.226 e. The first kappa shape index (κ1) is 14.3. The van der Waals surface area contributed by atoms with Crippen molar-refractivity contribution in [3.05, 3.63) is 0 Å². The van der Waals surface area contributed by atoms with Crippen molar-refractivity contribution in [2.24, 2.45) is 11.3 Å². The first-order chi connectivity index (χ1) is 9.66. The molecule has 1 saturated carbocycles. The predicted molar refractivity (Wildman–Crippen MR) is 80.5 cm³/mol. The Balaban J connectivity index is 1.50. The zero-order valence-electron chi connectivity index (χ0n) is 13.0. The number of carbonyl (C=O) groups is 1. The highest BCUT2D eigenvalue weighted by atomic mass is 16.2. The van der Waals surface area contributed by atoms with Crippen LogP contribution in [0, 0.1) is 11.3 Å². The van der Waals surface area contributed by atoms with Crippen molar-refractivity contribution in [3.63, 3.8) is 0 Å². The lowest BCUT2D eigenvalue weighted by Crippen LogP contribution is -2.52. The van der Waals surface area contributed by atoms with Crippen molar-refractivity contribution in [1.29, 1.82) is 0 Å². The second-order valence-electron chi connectivity index (χ2n) is 6.99. The molecule has 20 heavy (non-hydrogen) atoms. The van der Waals surface area contributed by atoms with Crippen LogP contribution in [0.1, 0.15) is 39.5 Å². The van der Waals surface area contributed by atoms with Crippen molar-refractivity contribution < 1.29 is 4.79 Å². The summed E-state index contributed by atoms with van der Waals surface area (Å²) >= 11 is 0. The quantitative estimate of drug-likeness (QED) is 0.846. The van der Waals surface area contributed by atoms with Crippen LogP contribution in [0.2, 0.25) is 0 Å². The molecule has 3 rings (SSSR count). The zero-order valence-corrected chi connectivity index (χ0v) is 13.0. The van der Waals surface area contributed by atoms with Crippen molar-refractivity contribution in [2.75, 3.05) is 39.3 Å². The molecule has 1 spiro atoms. The SMILES string of the molecule is CCC(C)N1CCN(C(=O)C2CC23CCNCC3)CC1. The molecule has 4 nitrogen and oxygen atoms in total. The molecule has 3 fully saturated rings. The van der Waals surface area contributed by atoms with E-state index in [4.69, 9.17) is 0 Å². The van der Waals surface area contributed by atoms with E-state index in [-0.39, 0.29) is 0 Å². The van der Waals surface area contributed by atoms with Gasteiger partial charge in [-0.1, -0.05) is 6.92 Å². The summed E-state index contributed by atoms with van der Waals surface area (Å²) in [5.74, 6) is 0.801. The van der Waals surface area contributed by atoms with Crippen LogP contribution in [0.25, 0.3) is 0 Å². The van der Waals surface area contributed by atoms with E-state index >= 15 is 0 Å². The standard InChI is InChI=1S/C16H29N3O/c1-3-13(2)18-8-10-19(11-9-18)15(20)14-12-16(14)4-6-17-7-5-16/h13-14,17H,3-12H2,1-2H3. The molecule has 1 N–H and O–H groups in total. The third kappa shape index (κ3) is 2.60. The molecule has 1 aliphatic carbocycles. The Kier molecular flexibility index (Phi) is 4.04. The highest BCUT2D eigenvalue weighted by molar-refractivity contribution is 5.82. The molecule has 1 amide bonds. The highest BCUT2D eigenvalue weighted by Crippen LogP contribution is 2.59. The molecule has 114 valence electrons.